The number of rotatable bonds is 0. The van der Waals surface area contributed by atoms with Crippen molar-refractivity contribution in [2.75, 3.05) is 0 Å². The number of hydrogen-bond donors (Lipinski definition) is 0. The monoisotopic (exact) mass is 132 g/mol. The standard InChI is InChI=1S/CH2OSe.Na/c2-1-3;/h1H,(H,2,3);/q;+1/p-1. The van der Waals surface area contributed by atoms with Gasteiger partial charge in [-0.3, -0.25) is 0 Å². The molecule has 0 saturated heterocycles. The molecule has 0 aliphatic rings. The SMILES string of the molecule is [Na+].[O-]C=[Se]. The summed E-state index contributed by atoms with van der Waals surface area (Å²) >= 11 is 2.12. The summed E-state index contributed by atoms with van der Waals surface area (Å²) in [5.74, 6) is 0. The zero-order chi connectivity index (χ0) is 2.71. The molecule has 0 spiro atoms. The molecule has 3 heteroatoms. The predicted molar refractivity (Wildman–Crippen MR) is 11.8 cm³/mol. The van der Waals surface area contributed by atoms with Gasteiger partial charge in [-0.05, 0) is 0 Å². The third-order valence-electron chi connectivity index (χ3n) is 0. The van der Waals surface area contributed by atoms with Crippen molar-refractivity contribution < 1.29 is 34.7 Å². The molecule has 0 amide bonds. The van der Waals surface area contributed by atoms with Crippen LogP contribution in [-0.2, 0) is 0 Å². The molecule has 1 nitrogen and oxygen atoms in total. The Kier molecular flexibility index (Phi) is 19.9. The van der Waals surface area contributed by atoms with Crippen LogP contribution >= 0.6 is 0 Å². The van der Waals surface area contributed by atoms with Crippen LogP contribution < -0.4 is 34.7 Å². The topological polar surface area (TPSA) is 23.1 Å². The van der Waals surface area contributed by atoms with E-state index >= 15 is 0 Å². The van der Waals surface area contributed by atoms with Crippen LogP contribution in [0, 0.1) is 0 Å². The minimum absolute atomic E-state index is 0. The first-order chi connectivity index (χ1) is 1.41. The Morgan fingerprint density at radius 1 is 1.75 bits per heavy atom. The van der Waals surface area contributed by atoms with Gasteiger partial charge in [0.05, 0.1) is 0 Å². The summed E-state index contributed by atoms with van der Waals surface area (Å²) in [4.78, 5) is 0. The van der Waals surface area contributed by atoms with Crippen molar-refractivity contribution in [3.05, 3.63) is 0 Å². The van der Waals surface area contributed by atoms with Gasteiger partial charge in [0.2, 0.25) is 0 Å². The second-order valence-electron chi connectivity index (χ2n) is 0.0962. The molecule has 4 heavy (non-hydrogen) atoms. The fraction of sp³-hybridized carbons (Fsp3) is 0. The van der Waals surface area contributed by atoms with Crippen molar-refractivity contribution in [2.24, 2.45) is 0 Å². The zero-order valence-corrected chi connectivity index (χ0v) is 6.11. The van der Waals surface area contributed by atoms with Gasteiger partial charge in [0.15, 0.2) is 0 Å². The Morgan fingerprint density at radius 2 is 1.75 bits per heavy atom. The Morgan fingerprint density at radius 3 is 1.75 bits per heavy atom. The predicted octanol–water partition coefficient (Wildman–Crippen LogP) is -4.72. The Labute approximate surface area is 55.0 Å². The van der Waals surface area contributed by atoms with Crippen LogP contribution in [0.3, 0.4) is 0 Å². The minimum atomic E-state index is 0. The molecule has 0 aromatic carbocycles. The summed E-state index contributed by atoms with van der Waals surface area (Å²) in [5, 5.41) is 9.38. The van der Waals surface area contributed by atoms with Gasteiger partial charge in [0.25, 0.3) is 0 Å². The van der Waals surface area contributed by atoms with E-state index in [2.05, 4.69) is 15.6 Å². The molecule has 0 aromatic rings. The zero-order valence-electron chi connectivity index (χ0n) is 2.39. The first-order valence-corrected chi connectivity index (χ1v) is 1.46. The van der Waals surface area contributed by atoms with Crippen LogP contribution in [0.5, 0.6) is 0 Å². The second kappa shape index (κ2) is 8.89. The molecule has 0 unspecified atom stereocenters. The van der Waals surface area contributed by atoms with Gasteiger partial charge in [0, 0.05) is 0 Å². The fourth-order valence-corrected chi connectivity index (χ4v) is 0. The molecule has 0 rings (SSSR count). The third kappa shape index (κ3) is 10.8. The van der Waals surface area contributed by atoms with Crippen LogP contribution in [0.2, 0.25) is 0 Å². The van der Waals surface area contributed by atoms with Crippen molar-refractivity contribution in [1.82, 2.24) is 0 Å². The summed E-state index contributed by atoms with van der Waals surface area (Å²) in [6.45, 7) is 0. The Hall–Kier alpha value is 1.19. The quantitative estimate of drug-likeness (QED) is 0.303. The van der Waals surface area contributed by atoms with Gasteiger partial charge < -0.3 is 0 Å². The molecule has 0 heterocycles. The van der Waals surface area contributed by atoms with Crippen molar-refractivity contribution in [3.8, 4) is 0 Å². The van der Waals surface area contributed by atoms with E-state index in [1.54, 1.807) is 0 Å². The van der Waals surface area contributed by atoms with Crippen molar-refractivity contribution >= 4 is 20.7 Å². The molecular weight excluding hydrogens is 130 g/mol. The molecule has 0 aliphatic carbocycles. The summed E-state index contributed by atoms with van der Waals surface area (Å²) in [6.07, 6.45) is 0. The van der Waals surface area contributed by atoms with Crippen LogP contribution in [0.25, 0.3) is 0 Å². The van der Waals surface area contributed by atoms with Gasteiger partial charge in [-0.2, -0.15) is 0 Å². The maximum absolute atomic E-state index is 8.75. The molecule has 0 atom stereocenters. The Bertz CT molecular complexity index is 15.5. The fourth-order valence-electron chi connectivity index (χ4n) is 0. The van der Waals surface area contributed by atoms with Crippen molar-refractivity contribution in [1.29, 1.82) is 0 Å². The van der Waals surface area contributed by atoms with Crippen molar-refractivity contribution in [2.45, 2.75) is 0 Å². The van der Waals surface area contributed by atoms with E-state index in [0.717, 1.165) is 0 Å². The molecule has 0 aliphatic heterocycles. The molecule has 18 valence electrons. The van der Waals surface area contributed by atoms with Crippen LogP contribution in [0.15, 0.2) is 0 Å². The van der Waals surface area contributed by atoms with E-state index in [1.165, 1.54) is 0 Å². The van der Waals surface area contributed by atoms with Crippen LogP contribution in [0.1, 0.15) is 0 Å². The van der Waals surface area contributed by atoms with Gasteiger partial charge in [-0.25, -0.2) is 0 Å². The Balaban J connectivity index is 0. The summed E-state index contributed by atoms with van der Waals surface area (Å²) in [5.41, 5.74) is 0. The molecule has 0 radical (unpaired) electrons. The van der Waals surface area contributed by atoms with Gasteiger partial charge in [-0.1, -0.05) is 0 Å². The van der Waals surface area contributed by atoms with E-state index in [0.29, 0.717) is 5.11 Å². The molecular formula is CHNaOSe. The summed E-state index contributed by atoms with van der Waals surface area (Å²) < 4.78 is 0. The second-order valence-corrected chi connectivity index (χ2v) is 0.500. The summed E-state index contributed by atoms with van der Waals surface area (Å²) in [6, 6.07) is 0. The first kappa shape index (κ1) is 8.95. The first-order valence-electron chi connectivity index (χ1n) is 0.471. The van der Waals surface area contributed by atoms with Gasteiger partial charge in [-0.15, -0.1) is 0 Å². The molecule has 0 aromatic heterocycles. The van der Waals surface area contributed by atoms with E-state index in [1.807, 2.05) is 0 Å². The normalized spacial score (nSPS) is 3.00. The van der Waals surface area contributed by atoms with Crippen molar-refractivity contribution in [3.63, 3.8) is 0 Å². The van der Waals surface area contributed by atoms with Gasteiger partial charge in [0.1, 0.15) is 0 Å². The van der Waals surface area contributed by atoms with E-state index in [-0.39, 0.29) is 29.6 Å². The van der Waals surface area contributed by atoms with E-state index < -0.39 is 0 Å². The van der Waals surface area contributed by atoms with Crippen LogP contribution in [0.4, 0.5) is 0 Å². The average Bonchev–Trinajstić information content (AvgIpc) is 0.918. The molecule has 0 N–H and O–H groups in total. The molecule has 0 fully saturated rings. The molecule has 0 bridgehead atoms. The average molecular weight is 131 g/mol. The third-order valence-corrected chi connectivity index (χ3v) is 0. The maximum atomic E-state index is 8.75. The van der Waals surface area contributed by atoms with E-state index in [9.17, 15) is 0 Å². The number of hydrogen-bond acceptors (Lipinski definition) is 1. The van der Waals surface area contributed by atoms with Gasteiger partial charge >= 0.3 is 55.3 Å². The van der Waals surface area contributed by atoms with Crippen LogP contribution in [-0.4, -0.2) is 20.7 Å². The summed E-state index contributed by atoms with van der Waals surface area (Å²) in [7, 11) is 0. The van der Waals surface area contributed by atoms with E-state index in [4.69, 9.17) is 5.11 Å². The molecule has 0 saturated carbocycles.